The minimum atomic E-state index is -0.0778. The van der Waals surface area contributed by atoms with E-state index < -0.39 is 0 Å². The van der Waals surface area contributed by atoms with E-state index in [-0.39, 0.29) is 11.9 Å². The van der Waals surface area contributed by atoms with Crippen LogP contribution in [0.25, 0.3) is 6.08 Å². The van der Waals surface area contributed by atoms with Crippen molar-refractivity contribution in [3.8, 4) is 0 Å². The van der Waals surface area contributed by atoms with Crippen molar-refractivity contribution >= 4 is 12.0 Å². The molecule has 0 radical (unpaired) electrons. The van der Waals surface area contributed by atoms with Crippen LogP contribution in [-0.4, -0.2) is 43.7 Å². The number of amides is 1. The van der Waals surface area contributed by atoms with Crippen LogP contribution in [0.3, 0.4) is 0 Å². The molecule has 1 saturated heterocycles. The van der Waals surface area contributed by atoms with Crippen molar-refractivity contribution in [1.82, 2.24) is 10.2 Å². The van der Waals surface area contributed by atoms with Crippen molar-refractivity contribution in [2.75, 3.05) is 32.8 Å². The Kier molecular flexibility index (Phi) is 6.37. The molecule has 0 aliphatic carbocycles. The zero-order valence-corrected chi connectivity index (χ0v) is 14.3. The van der Waals surface area contributed by atoms with Crippen LogP contribution in [0, 0.1) is 0 Å². The van der Waals surface area contributed by atoms with Gasteiger partial charge in [0.1, 0.15) is 0 Å². The third-order valence-electron chi connectivity index (χ3n) is 4.29. The van der Waals surface area contributed by atoms with Gasteiger partial charge in [0.25, 0.3) is 0 Å². The Bertz CT molecular complexity index is 680. The van der Waals surface area contributed by atoms with Crippen LogP contribution in [0.2, 0.25) is 0 Å². The van der Waals surface area contributed by atoms with E-state index in [4.69, 9.17) is 4.74 Å². The molecule has 0 saturated carbocycles. The summed E-state index contributed by atoms with van der Waals surface area (Å²) in [6, 6.07) is 19.9. The molecule has 130 valence electrons. The zero-order chi connectivity index (χ0) is 17.3. The fourth-order valence-corrected chi connectivity index (χ4v) is 2.92. The Morgan fingerprint density at radius 2 is 1.68 bits per heavy atom. The Morgan fingerprint density at radius 1 is 1.04 bits per heavy atom. The molecule has 1 amide bonds. The highest BCUT2D eigenvalue weighted by atomic mass is 16.5. The van der Waals surface area contributed by atoms with E-state index >= 15 is 0 Å². The van der Waals surface area contributed by atoms with Gasteiger partial charge in [0.05, 0.1) is 19.3 Å². The van der Waals surface area contributed by atoms with E-state index in [9.17, 15) is 4.79 Å². The van der Waals surface area contributed by atoms with Crippen LogP contribution in [0.1, 0.15) is 17.2 Å². The Hall–Kier alpha value is -2.43. The number of rotatable bonds is 6. The van der Waals surface area contributed by atoms with Crippen molar-refractivity contribution in [2.24, 2.45) is 0 Å². The number of carbonyl (C=O) groups is 1. The smallest absolute Gasteiger partial charge is 0.244 e. The molecular weight excluding hydrogens is 312 g/mol. The van der Waals surface area contributed by atoms with Gasteiger partial charge in [-0.2, -0.15) is 0 Å². The topological polar surface area (TPSA) is 41.6 Å². The average Bonchev–Trinajstić information content (AvgIpc) is 2.68. The number of hydrogen-bond acceptors (Lipinski definition) is 3. The van der Waals surface area contributed by atoms with Gasteiger partial charge >= 0.3 is 0 Å². The molecule has 0 bridgehead atoms. The van der Waals surface area contributed by atoms with Gasteiger partial charge in [-0.1, -0.05) is 60.7 Å². The highest BCUT2D eigenvalue weighted by molar-refractivity contribution is 5.92. The number of nitrogens with one attached hydrogen (secondary N) is 1. The van der Waals surface area contributed by atoms with Crippen molar-refractivity contribution in [3.63, 3.8) is 0 Å². The second-order valence-electron chi connectivity index (χ2n) is 6.13. The van der Waals surface area contributed by atoms with Crippen LogP contribution in [-0.2, 0) is 9.53 Å². The van der Waals surface area contributed by atoms with Crippen LogP contribution in [0.4, 0.5) is 0 Å². The minimum absolute atomic E-state index is 0.0350. The molecule has 2 aromatic carbocycles. The molecule has 0 aromatic heterocycles. The van der Waals surface area contributed by atoms with E-state index in [1.807, 2.05) is 54.6 Å². The second-order valence-corrected chi connectivity index (χ2v) is 6.13. The molecule has 2 aromatic rings. The number of carbonyl (C=O) groups excluding carboxylic acids is 1. The predicted molar refractivity (Wildman–Crippen MR) is 100 cm³/mol. The summed E-state index contributed by atoms with van der Waals surface area (Å²) in [5, 5.41) is 3.14. The third kappa shape index (κ3) is 5.55. The maximum atomic E-state index is 12.4. The zero-order valence-electron chi connectivity index (χ0n) is 14.3. The van der Waals surface area contributed by atoms with Gasteiger partial charge in [0, 0.05) is 25.7 Å². The number of benzene rings is 2. The monoisotopic (exact) mass is 336 g/mol. The predicted octanol–water partition coefficient (Wildman–Crippen LogP) is 2.89. The summed E-state index contributed by atoms with van der Waals surface area (Å²) in [7, 11) is 0. The molecule has 1 aliphatic rings. The number of hydrogen-bond donors (Lipinski definition) is 1. The van der Waals surface area contributed by atoms with Gasteiger partial charge in [-0.3, -0.25) is 9.69 Å². The summed E-state index contributed by atoms with van der Waals surface area (Å²) in [6.45, 7) is 4.10. The lowest BCUT2D eigenvalue weighted by Gasteiger charge is -2.31. The fourth-order valence-electron chi connectivity index (χ4n) is 2.92. The van der Waals surface area contributed by atoms with Crippen LogP contribution in [0.5, 0.6) is 0 Å². The number of morpholine rings is 1. The highest BCUT2D eigenvalue weighted by Gasteiger charge is 2.19. The molecule has 0 spiro atoms. The summed E-state index contributed by atoms with van der Waals surface area (Å²) in [6.07, 6.45) is 3.44. The molecular formula is C21H24N2O2. The van der Waals surface area contributed by atoms with Crippen LogP contribution in [0.15, 0.2) is 66.7 Å². The summed E-state index contributed by atoms with van der Waals surface area (Å²) in [5.41, 5.74) is 2.14. The maximum Gasteiger partial charge on any atom is 0.244 e. The Morgan fingerprint density at radius 3 is 2.36 bits per heavy atom. The summed E-state index contributed by atoms with van der Waals surface area (Å²) in [5.74, 6) is -0.0778. The number of ether oxygens (including phenoxy) is 1. The third-order valence-corrected chi connectivity index (χ3v) is 4.29. The minimum Gasteiger partial charge on any atom is -0.379 e. The normalized spacial score (nSPS) is 16.6. The van der Waals surface area contributed by atoms with E-state index in [1.54, 1.807) is 6.08 Å². The molecule has 1 aliphatic heterocycles. The summed E-state index contributed by atoms with van der Waals surface area (Å²) < 4.78 is 5.42. The van der Waals surface area contributed by atoms with Gasteiger partial charge in [0.15, 0.2) is 0 Å². The molecule has 4 heteroatoms. The van der Waals surface area contributed by atoms with Crippen LogP contribution < -0.4 is 5.32 Å². The van der Waals surface area contributed by atoms with Gasteiger partial charge in [0.2, 0.25) is 5.91 Å². The first-order valence-electron chi connectivity index (χ1n) is 8.70. The standard InChI is InChI=1S/C21H24N2O2/c24-21(12-11-18-7-3-1-4-8-18)22-20(19-9-5-2-6-10-19)17-23-13-15-25-16-14-23/h1-12,20H,13-17H2,(H,22,24)/b12-11+/t20-/m0/s1. The first-order chi connectivity index (χ1) is 12.3. The maximum absolute atomic E-state index is 12.4. The van der Waals surface area contributed by atoms with Gasteiger partial charge in [-0.25, -0.2) is 0 Å². The SMILES string of the molecule is O=C(/C=C/c1ccccc1)N[C@@H](CN1CCOCC1)c1ccccc1. The fraction of sp³-hybridized carbons (Fsp3) is 0.286. The molecule has 4 nitrogen and oxygen atoms in total. The molecule has 1 N–H and O–H groups in total. The number of nitrogens with zero attached hydrogens (tertiary/aromatic N) is 1. The van der Waals surface area contributed by atoms with Crippen LogP contribution >= 0.6 is 0 Å². The quantitative estimate of drug-likeness (QED) is 0.825. The van der Waals surface area contributed by atoms with Gasteiger partial charge in [-0.05, 0) is 17.2 Å². The van der Waals surface area contributed by atoms with Gasteiger partial charge in [-0.15, -0.1) is 0 Å². The molecule has 1 heterocycles. The van der Waals surface area contributed by atoms with Crippen molar-refractivity contribution < 1.29 is 9.53 Å². The van der Waals surface area contributed by atoms with Crippen molar-refractivity contribution in [2.45, 2.75) is 6.04 Å². The van der Waals surface area contributed by atoms with E-state index in [0.29, 0.717) is 0 Å². The van der Waals surface area contributed by atoms with E-state index in [2.05, 4.69) is 22.3 Å². The second kappa shape index (κ2) is 9.16. The highest BCUT2D eigenvalue weighted by Crippen LogP contribution is 2.15. The molecule has 25 heavy (non-hydrogen) atoms. The average molecular weight is 336 g/mol. The molecule has 1 fully saturated rings. The van der Waals surface area contributed by atoms with Gasteiger partial charge < -0.3 is 10.1 Å². The first kappa shape index (κ1) is 17.4. The molecule has 3 rings (SSSR count). The van der Waals surface area contributed by atoms with E-state index in [0.717, 1.165) is 44.0 Å². The lowest BCUT2D eigenvalue weighted by atomic mass is 10.1. The molecule has 1 atom stereocenters. The lowest BCUT2D eigenvalue weighted by Crippen LogP contribution is -2.42. The van der Waals surface area contributed by atoms with E-state index in [1.165, 1.54) is 0 Å². The Labute approximate surface area is 149 Å². The molecule has 0 unspecified atom stereocenters. The first-order valence-corrected chi connectivity index (χ1v) is 8.70. The Balaban J connectivity index is 1.66. The lowest BCUT2D eigenvalue weighted by molar-refractivity contribution is -0.117. The van der Waals surface area contributed by atoms with Crippen molar-refractivity contribution in [1.29, 1.82) is 0 Å². The largest absolute Gasteiger partial charge is 0.379 e. The summed E-state index contributed by atoms with van der Waals surface area (Å²) >= 11 is 0. The summed E-state index contributed by atoms with van der Waals surface area (Å²) in [4.78, 5) is 14.7. The van der Waals surface area contributed by atoms with Crippen molar-refractivity contribution in [3.05, 3.63) is 77.9 Å².